The molecule has 3 aromatic carbocycles. The third-order valence-electron chi connectivity index (χ3n) is 6.23. The van der Waals surface area contributed by atoms with Gasteiger partial charge in [-0.15, -0.1) is 0 Å². The van der Waals surface area contributed by atoms with Crippen LogP contribution in [0.15, 0.2) is 66.2 Å². The van der Waals surface area contributed by atoms with Gasteiger partial charge in [0.2, 0.25) is 0 Å². The lowest BCUT2D eigenvalue weighted by Gasteiger charge is -2.26. The zero-order valence-electron chi connectivity index (χ0n) is 20.5. The van der Waals surface area contributed by atoms with Crippen LogP contribution < -0.4 is 9.64 Å². The highest BCUT2D eigenvalue weighted by atomic mass is 16.5. The molecule has 0 aliphatic carbocycles. The van der Waals surface area contributed by atoms with E-state index in [-0.39, 0.29) is 23.2 Å². The predicted molar refractivity (Wildman–Crippen MR) is 136 cm³/mol. The van der Waals surface area contributed by atoms with Crippen LogP contribution in [0.25, 0.3) is 5.76 Å². The maximum Gasteiger partial charge on any atom is 0.300 e. The SMILES string of the molecule is Cc1ccc(N2C(=O)C(=O)/C(=C(/O)c3ccc(OC(C)C)c(C)c3)C2c2ccc(O)cc2)cc1C. The summed E-state index contributed by atoms with van der Waals surface area (Å²) in [6, 6.07) is 16.2. The van der Waals surface area contributed by atoms with Crippen molar-refractivity contribution in [3.05, 3.63) is 94.1 Å². The molecule has 180 valence electrons. The van der Waals surface area contributed by atoms with Gasteiger partial charge < -0.3 is 14.9 Å². The number of anilines is 1. The summed E-state index contributed by atoms with van der Waals surface area (Å²) in [5.74, 6) is -0.995. The molecule has 4 rings (SSSR count). The van der Waals surface area contributed by atoms with Crippen molar-refractivity contribution in [1.82, 2.24) is 0 Å². The van der Waals surface area contributed by atoms with Crippen molar-refractivity contribution in [2.75, 3.05) is 4.90 Å². The maximum atomic E-state index is 13.3. The summed E-state index contributed by atoms with van der Waals surface area (Å²) in [6.07, 6.45) is -0.00839. The minimum Gasteiger partial charge on any atom is -0.508 e. The summed E-state index contributed by atoms with van der Waals surface area (Å²) in [5, 5.41) is 21.1. The first-order chi connectivity index (χ1) is 16.6. The first kappa shape index (κ1) is 24.1. The van der Waals surface area contributed by atoms with Gasteiger partial charge in [-0.2, -0.15) is 0 Å². The summed E-state index contributed by atoms with van der Waals surface area (Å²) in [5.41, 5.74) is 4.40. The fourth-order valence-corrected chi connectivity index (χ4v) is 4.28. The summed E-state index contributed by atoms with van der Waals surface area (Å²) in [7, 11) is 0. The number of aryl methyl sites for hydroxylation is 3. The van der Waals surface area contributed by atoms with E-state index < -0.39 is 17.7 Å². The first-order valence-electron chi connectivity index (χ1n) is 11.5. The molecule has 1 atom stereocenters. The average molecular weight is 472 g/mol. The number of Topliss-reactive ketones (excluding diaryl/α,β-unsaturated/α-hetero) is 1. The number of rotatable bonds is 5. The fraction of sp³-hybridized carbons (Fsp3) is 0.241. The van der Waals surface area contributed by atoms with Gasteiger partial charge in [0.1, 0.15) is 17.3 Å². The topological polar surface area (TPSA) is 87.1 Å². The summed E-state index contributed by atoms with van der Waals surface area (Å²) in [4.78, 5) is 28.0. The Bertz CT molecular complexity index is 1340. The normalized spacial score (nSPS) is 17.3. The second-order valence-corrected chi connectivity index (χ2v) is 9.18. The van der Waals surface area contributed by atoms with E-state index in [0.29, 0.717) is 22.6 Å². The Morgan fingerprint density at radius 2 is 1.57 bits per heavy atom. The summed E-state index contributed by atoms with van der Waals surface area (Å²) < 4.78 is 5.79. The lowest BCUT2D eigenvalue weighted by atomic mass is 9.94. The van der Waals surface area contributed by atoms with Gasteiger partial charge in [0.25, 0.3) is 11.7 Å². The van der Waals surface area contributed by atoms with Gasteiger partial charge in [-0.3, -0.25) is 14.5 Å². The Morgan fingerprint density at radius 1 is 0.886 bits per heavy atom. The minimum absolute atomic E-state index is 0.00385. The van der Waals surface area contributed by atoms with Crippen molar-refractivity contribution in [3.63, 3.8) is 0 Å². The van der Waals surface area contributed by atoms with Crippen molar-refractivity contribution in [2.45, 2.75) is 46.8 Å². The molecule has 0 saturated carbocycles. The third-order valence-corrected chi connectivity index (χ3v) is 6.23. The second-order valence-electron chi connectivity index (χ2n) is 9.18. The number of amides is 1. The third kappa shape index (κ3) is 4.52. The molecule has 1 amide bonds. The van der Waals surface area contributed by atoms with Crippen LogP contribution in [0.2, 0.25) is 0 Å². The number of benzene rings is 3. The van der Waals surface area contributed by atoms with Crippen LogP contribution in [-0.4, -0.2) is 28.0 Å². The van der Waals surface area contributed by atoms with Gasteiger partial charge in [-0.1, -0.05) is 18.2 Å². The van der Waals surface area contributed by atoms with E-state index in [1.165, 1.54) is 17.0 Å². The first-order valence-corrected chi connectivity index (χ1v) is 11.5. The van der Waals surface area contributed by atoms with Crippen molar-refractivity contribution < 1.29 is 24.5 Å². The van der Waals surface area contributed by atoms with Gasteiger partial charge in [-0.05, 0) is 99.3 Å². The van der Waals surface area contributed by atoms with Gasteiger partial charge >= 0.3 is 0 Å². The highest BCUT2D eigenvalue weighted by molar-refractivity contribution is 6.51. The molecule has 0 aromatic heterocycles. The van der Waals surface area contributed by atoms with Crippen LogP contribution in [0, 0.1) is 20.8 Å². The molecular weight excluding hydrogens is 442 g/mol. The van der Waals surface area contributed by atoms with E-state index >= 15 is 0 Å². The van der Waals surface area contributed by atoms with Gasteiger partial charge in [-0.25, -0.2) is 0 Å². The molecule has 1 fully saturated rings. The van der Waals surface area contributed by atoms with Crippen LogP contribution in [-0.2, 0) is 9.59 Å². The Balaban J connectivity index is 1.90. The number of aliphatic hydroxyl groups is 1. The highest BCUT2D eigenvalue weighted by Crippen LogP contribution is 2.43. The molecule has 1 unspecified atom stereocenters. The van der Waals surface area contributed by atoms with Gasteiger partial charge in [0, 0.05) is 11.3 Å². The average Bonchev–Trinajstić information content (AvgIpc) is 3.07. The van der Waals surface area contributed by atoms with Crippen molar-refractivity contribution >= 4 is 23.1 Å². The number of carbonyl (C=O) groups is 2. The monoisotopic (exact) mass is 471 g/mol. The number of ketones is 1. The molecule has 0 radical (unpaired) electrons. The summed E-state index contributed by atoms with van der Waals surface area (Å²) >= 11 is 0. The number of aromatic hydroxyl groups is 1. The van der Waals surface area contributed by atoms with E-state index in [1.54, 1.807) is 36.4 Å². The molecule has 1 saturated heterocycles. The Hall–Kier alpha value is -4.06. The molecule has 6 nitrogen and oxygen atoms in total. The van der Waals surface area contributed by atoms with Crippen LogP contribution >= 0.6 is 0 Å². The largest absolute Gasteiger partial charge is 0.508 e. The number of phenolic OH excluding ortho intramolecular Hbond substituents is 1. The highest BCUT2D eigenvalue weighted by Gasteiger charge is 2.47. The Kier molecular flexibility index (Phi) is 6.39. The standard InChI is InChI=1S/C29H29NO5/c1-16(2)35-24-13-9-21(14-19(24)5)27(32)25-26(20-7-11-23(31)12-8-20)30(29(34)28(25)33)22-10-6-17(3)18(4)15-22/h6-16,26,31-32H,1-5H3/b27-25+. The number of carbonyl (C=O) groups excluding carboxylic acids is 2. The van der Waals surface area contributed by atoms with Crippen LogP contribution in [0.1, 0.15) is 47.7 Å². The van der Waals surface area contributed by atoms with E-state index in [9.17, 15) is 19.8 Å². The van der Waals surface area contributed by atoms with Crippen LogP contribution in [0.3, 0.4) is 0 Å². The molecular formula is C29H29NO5. The minimum atomic E-state index is -0.857. The molecule has 1 aliphatic heterocycles. The lowest BCUT2D eigenvalue weighted by molar-refractivity contribution is -0.132. The van der Waals surface area contributed by atoms with Crippen molar-refractivity contribution in [2.24, 2.45) is 0 Å². The smallest absolute Gasteiger partial charge is 0.300 e. The Labute approximate surface area is 205 Å². The van der Waals surface area contributed by atoms with Crippen molar-refractivity contribution in [3.8, 4) is 11.5 Å². The Morgan fingerprint density at radius 3 is 2.17 bits per heavy atom. The van der Waals surface area contributed by atoms with Gasteiger partial charge in [0.05, 0.1) is 17.7 Å². The van der Waals surface area contributed by atoms with E-state index in [2.05, 4.69) is 0 Å². The van der Waals surface area contributed by atoms with E-state index in [1.807, 2.05) is 46.8 Å². The van der Waals surface area contributed by atoms with E-state index in [4.69, 9.17) is 4.74 Å². The molecule has 6 heteroatoms. The summed E-state index contributed by atoms with van der Waals surface area (Å²) in [6.45, 7) is 9.63. The predicted octanol–water partition coefficient (Wildman–Crippen LogP) is 5.73. The number of hydrogen-bond acceptors (Lipinski definition) is 5. The van der Waals surface area contributed by atoms with Crippen LogP contribution in [0.5, 0.6) is 11.5 Å². The zero-order valence-corrected chi connectivity index (χ0v) is 20.5. The lowest BCUT2D eigenvalue weighted by Crippen LogP contribution is -2.29. The fourth-order valence-electron chi connectivity index (χ4n) is 4.28. The number of aliphatic hydroxyl groups excluding tert-OH is 1. The molecule has 35 heavy (non-hydrogen) atoms. The number of nitrogens with zero attached hydrogens (tertiary/aromatic N) is 1. The number of phenols is 1. The second kappa shape index (κ2) is 9.29. The zero-order chi connectivity index (χ0) is 25.4. The molecule has 0 spiro atoms. The molecule has 0 bridgehead atoms. The quantitative estimate of drug-likeness (QED) is 0.282. The van der Waals surface area contributed by atoms with Crippen LogP contribution in [0.4, 0.5) is 5.69 Å². The molecule has 1 aliphatic rings. The molecule has 3 aromatic rings. The van der Waals surface area contributed by atoms with Gasteiger partial charge in [0.15, 0.2) is 0 Å². The van der Waals surface area contributed by atoms with E-state index in [0.717, 1.165) is 16.7 Å². The maximum absolute atomic E-state index is 13.3. The number of hydrogen-bond donors (Lipinski definition) is 2. The molecule has 2 N–H and O–H groups in total. The van der Waals surface area contributed by atoms with Crippen molar-refractivity contribution in [1.29, 1.82) is 0 Å². The number of ether oxygens (including phenoxy) is 1. The molecule has 1 heterocycles.